The standard InChI is InChI=1S/C8H16N2O/c1-8(7-11)9-10-5-3-2-4-6-10/h7-9H,2-6H2,1H3/t8-/m0/s1. The van der Waals surface area contributed by atoms with Gasteiger partial charge in [0.15, 0.2) is 0 Å². The van der Waals surface area contributed by atoms with Gasteiger partial charge in [-0.3, -0.25) is 0 Å². The molecule has 0 aliphatic carbocycles. The van der Waals surface area contributed by atoms with E-state index in [1.165, 1.54) is 19.3 Å². The maximum Gasteiger partial charge on any atom is 0.137 e. The van der Waals surface area contributed by atoms with Gasteiger partial charge < -0.3 is 4.79 Å². The molecular formula is C8H16N2O. The molecule has 3 nitrogen and oxygen atoms in total. The van der Waals surface area contributed by atoms with Gasteiger partial charge in [-0.05, 0) is 19.8 Å². The highest BCUT2D eigenvalue weighted by Gasteiger charge is 2.11. The Morgan fingerprint density at radius 3 is 2.55 bits per heavy atom. The van der Waals surface area contributed by atoms with Crippen LogP contribution in [0.3, 0.4) is 0 Å². The summed E-state index contributed by atoms with van der Waals surface area (Å²) in [4.78, 5) is 10.3. The number of nitrogens with one attached hydrogen (secondary N) is 1. The van der Waals surface area contributed by atoms with E-state index in [1.807, 2.05) is 6.92 Å². The molecule has 1 aliphatic rings. The molecule has 1 fully saturated rings. The number of carbonyl (C=O) groups is 1. The molecule has 1 heterocycles. The van der Waals surface area contributed by atoms with E-state index >= 15 is 0 Å². The summed E-state index contributed by atoms with van der Waals surface area (Å²) in [6.45, 7) is 4.04. The van der Waals surface area contributed by atoms with Crippen LogP contribution in [0.1, 0.15) is 26.2 Å². The van der Waals surface area contributed by atoms with Gasteiger partial charge in [-0.2, -0.15) is 0 Å². The lowest BCUT2D eigenvalue weighted by Gasteiger charge is -2.28. The predicted octanol–water partition coefficient (Wildman–Crippen LogP) is 0.564. The average Bonchev–Trinajstić information content (AvgIpc) is 2.06. The van der Waals surface area contributed by atoms with Crippen LogP contribution in [-0.2, 0) is 4.79 Å². The van der Waals surface area contributed by atoms with Crippen molar-refractivity contribution in [1.82, 2.24) is 10.4 Å². The van der Waals surface area contributed by atoms with E-state index in [4.69, 9.17) is 0 Å². The molecule has 0 radical (unpaired) electrons. The molecule has 3 heteroatoms. The third-order valence-corrected chi connectivity index (χ3v) is 1.95. The number of piperidine rings is 1. The molecule has 0 saturated carbocycles. The minimum absolute atomic E-state index is 0.0342. The lowest BCUT2D eigenvalue weighted by atomic mass is 10.2. The van der Waals surface area contributed by atoms with E-state index in [0.717, 1.165) is 19.4 Å². The second-order valence-corrected chi connectivity index (χ2v) is 3.10. The van der Waals surface area contributed by atoms with E-state index in [-0.39, 0.29) is 6.04 Å². The Morgan fingerprint density at radius 1 is 1.36 bits per heavy atom. The van der Waals surface area contributed by atoms with E-state index in [0.29, 0.717) is 0 Å². The van der Waals surface area contributed by atoms with Crippen LogP contribution in [0, 0.1) is 0 Å². The van der Waals surface area contributed by atoms with Crippen LogP contribution in [0.5, 0.6) is 0 Å². The van der Waals surface area contributed by atoms with E-state index in [1.54, 1.807) is 0 Å². The Bertz CT molecular complexity index is 121. The largest absolute Gasteiger partial charge is 0.302 e. The molecule has 1 aliphatic heterocycles. The number of rotatable bonds is 3. The highest BCUT2D eigenvalue weighted by atomic mass is 16.1. The van der Waals surface area contributed by atoms with Crippen LogP contribution in [-0.4, -0.2) is 30.4 Å². The third-order valence-electron chi connectivity index (χ3n) is 1.95. The van der Waals surface area contributed by atoms with Crippen LogP contribution in [0.15, 0.2) is 0 Å². The summed E-state index contributed by atoms with van der Waals surface area (Å²) >= 11 is 0. The smallest absolute Gasteiger partial charge is 0.137 e. The molecule has 1 rings (SSSR count). The van der Waals surface area contributed by atoms with Crippen molar-refractivity contribution < 1.29 is 4.79 Å². The maximum absolute atomic E-state index is 10.3. The summed E-state index contributed by atoms with van der Waals surface area (Å²) in [5, 5.41) is 2.14. The van der Waals surface area contributed by atoms with Crippen LogP contribution in [0.2, 0.25) is 0 Å². The average molecular weight is 156 g/mol. The van der Waals surface area contributed by atoms with Crippen molar-refractivity contribution >= 4 is 6.29 Å². The van der Waals surface area contributed by atoms with Gasteiger partial charge in [-0.25, -0.2) is 10.4 Å². The second kappa shape index (κ2) is 4.46. The third kappa shape index (κ3) is 2.99. The molecule has 0 aromatic heterocycles. The SMILES string of the molecule is C[C@@H](C=O)NN1CCCCC1. The number of nitrogens with zero attached hydrogens (tertiary/aromatic N) is 1. The fourth-order valence-corrected chi connectivity index (χ4v) is 1.34. The van der Waals surface area contributed by atoms with E-state index in [9.17, 15) is 4.79 Å². The zero-order valence-corrected chi connectivity index (χ0v) is 7.05. The summed E-state index contributed by atoms with van der Waals surface area (Å²) in [5.41, 5.74) is 3.13. The minimum atomic E-state index is -0.0342. The molecule has 11 heavy (non-hydrogen) atoms. The topological polar surface area (TPSA) is 32.3 Å². The van der Waals surface area contributed by atoms with Crippen molar-refractivity contribution in [3.63, 3.8) is 0 Å². The van der Waals surface area contributed by atoms with Crippen LogP contribution in [0.25, 0.3) is 0 Å². The minimum Gasteiger partial charge on any atom is -0.302 e. The van der Waals surface area contributed by atoms with Crippen LogP contribution < -0.4 is 5.43 Å². The van der Waals surface area contributed by atoms with Gasteiger partial charge in [-0.15, -0.1) is 0 Å². The Hall–Kier alpha value is -0.410. The van der Waals surface area contributed by atoms with Gasteiger partial charge in [0.1, 0.15) is 6.29 Å². The van der Waals surface area contributed by atoms with Gasteiger partial charge in [0, 0.05) is 13.1 Å². The molecule has 0 unspecified atom stereocenters. The Morgan fingerprint density at radius 2 is 2.00 bits per heavy atom. The van der Waals surface area contributed by atoms with Gasteiger partial charge in [0.05, 0.1) is 6.04 Å². The van der Waals surface area contributed by atoms with E-state index in [2.05, 4.69) is 10.4 Å². The number of hydrazine groups is 1. The second-order valence-electron chi connectivity index (χ2n) is 3.10. The molecule has 1 N–H and O–H groups in total. The summed E-state index contributed by atoms with van der Waals surface area (Å²) in [6, 6.07) is -0.0342. The van der Waals surface area contributed by atoms with E-state index < -0.39 is 0 Å². The first kappa shape index (κ1) is 8.68. The van der Waals surface area contributed by atoms with Crippen LogP contribution in [0.4, 0.5) is 0 Å². The molecule has 1 saturated heterocycles. The van der Waals surface area contributed by atoms with Crippen molar-refractivity contribution in [2.24, 2.45) is 0 Å². The van der Waals surface area contributed by atoms with Crippen molar-refractivity contribution in [3.05, 3.63) is 0 Å². The van der Waals surface area contributed by atoms with Crippen molar-refractivity contribution in [2.45, 2.75) is 32.2 Å². The zero-order chi connectivity index (χ0) is 8.10. The molecule has 1 atom stereocenters. The maximum atomic E-state index is 10.3. The summed E-state index contributed by atoms with van der Waals surface area (Å²) in [6.07, 6.45) is 4.76. The predicted molar refractivity (Wildman–Crippen MR) is 44.1 cm³/mol. The number of hydrogen-bond donors (Lipinski definition) is 1. The molecule has 0 spiro atoms. The summed E-state index contributed by atoms with van der Waals surface area (Å²) < 4.78 is 0. The van der Waals surface area contributed by atoms with Gasteiger partial charge >= 0.3 is 0 Å². The lowest BCUT2D eigenvalue weighted by Crippen LogP contribution is -2.46. The molecule has 0 aromatic rings. The van der Waals surface area contributed by atoms with Gasteiger partial charge in [-0.1, -0.05) is 6.42 Å². The first-order valence-electron chi connectivity index (χ1n) is 4.29. The number of hydrogen-bond acceptors (Lipinski definition) is 3. The quantitative estimate of drug-likeness (QED) is 0.606. The fraction of sp³-hybridized carbons (Fsp3) is 0.875. The Kier molecular flexibility index (Phi) is 3.52. The van der Waals surface area contributed by atoms with Crippen molar-refractivity contribution in [3.8, 4) is 0 Å². The highest BCUT2D eigenvalue weighted by Crippen LogP contribution is 2.05. The molecular weight excluding hydrogens is 140 g/mol. The normalized spacial score (nSPS) is 23.0. The molecule has 0 amide bonds. The lowest BCUT2D eigenvalue weighted by molar-refractivity contribution is -0.110. The molecule has 64 valence electrons. The van der Waals surface area contributed by atoms with Crippen LogP contribution >= 0.6 is 0 Å². The van der Waals surface area contributed by atoms with Crippen molar-refractivity contribution in [2.75, 3.05) is 13.1 Å². The Labute approximate surface area is 67.7 Å². The summed E-state index contributed by atoms with van der Waals surface area (Å²) in [7, 11) is 0. The zero-order valence-electron chi connectivity index (χ0n) is 7.05. The molecule has 0 aromatic carbocycles. The number of carbonyl (C=O) groups excluding carboxylic acids is 1. The summed E-state index contributed by atoms with van der Waals surface area (Å²) in [5.74, 6) is 0. The van der Waals surface area contributed by atoms with Crippen molar-refractivity contribution in [1.29, 1.82) is 0 Å². The first-order chi connectivity index (χ1) is 5.33. The first-order valence-corrected chi connectivity index (χ1v) is 4.29. The highest BCUT2D eigenvalue weighted by molar-refractivity contribution is 5.56. The Balaban J connectivity index is 2.18. The van der Waals surface area contributed by atoms with Gasteiger partial charge in [0.25, 0.3) is 0 Å². The fourth-order valence-electron chi connectivity index (χ4n) is 1.34. The van der Waals surface area contributed by atoms with Gasteiger partial charge in [0.2, 0.25) is 0 Å². The monoisotopic (exact) mass is 156 g/mol. The molecule has 0 bridgehead atoms. The number of aldehydes is 1.